The molecule has 0 heterocycles. The number of hydrogen-bond donors (Lipinski definition) is 0. The van der Waals surface area contributed by atoms with Crippen LogP contribution < -0.4 is 0 Å². The average molecular weight is 449 g/mol. The van der Waals surface area contributed by atoms with Gasteiger partial charge in [0.1, 0.15) is 0 Å². The Bertz CT molecular complexity index is 1400. The SMILES string of the molecule is CC.CC.CC1(C)c2ccc3c(ccc4ccccc43)c2-c2ccc3ccccc3c21.CCC. The van der Waals surface area contributed by atoms with E-state index in [9.17, 15) is 0 Å². The fourth-order valence-electron chi connectivity index (χ4n) is 5.19. The molecule has 34 heavy (non-hydrogen) atoms. The number of hydrogen-bond acceptors (Lipinski definition) is 0. The van der Waals surface area contributed by atoms with E-state index in [1.54, 1.807) is 0 Å². The van der Waals surface area contributed by atoms with Crippen molar-refractivity contribution in [3.63, 3.8) is 0 Å². The van der Waals surface area contributed by atoms with E-state index in [0.717, 1.165) is 0 Å². The molecule has 0 aromatic heterocycles. The molecule has 0 fully saturated rings. The van der Waals surface area contributed by atoms with Gasteiger partial charge < -0.3 is 0 Å². The third kappa shape index (κ3) is 4.11. The number of fused-ring (bicyclic) bond motifs is 9. The minimum Gasteiger partial charge on any atom is -0.0683 e. The Hall–Kier alpha value is -3.12. The lowest BCUT2D eigenvalue weighted by molar-refractivity contribution is 0.667. The molecule has 1 aliphatic rings. The Balaban J connectivity index is 0.000000423. The maximum atomic E-state index is 2.37. The molecule has 0 aliphatic heterocycles. The van der Waals surface area contributed by atoms with Crippen molar-refractivity contribution in [2.45, 2.75) is 67.2 Å². The summed E-state index contributed by atoms with van der Waals surface area (Å²) in [4.78, 5) is 0. The Morgan fingerprint density at radius 3 is 1.68 bits per heavy atom. The van der Waals surface area contributed by atoms with Crippen LogP contribution in [-0.4, -0.2) is 0 Å². The van der Waals surface area contributed by atoms with Gasteiger partial charge in [0.25, 0.3) is 0 Å². The zero-order valence-electron chi connectivity index (χ0n) is 22.3. The summed E-state index contributed by atoms with van der Waals surface area (Å²) >= 11 is 0. The van der Waals surface area contributed by atoms with Crippen molar-refractivity contribution >= 4 is 32.3 Å². The predicted molar refractivity (Wildman–Crippen MR) is 155 cm³/mol. The second-order valence-electron chi connectivity index (χ2n) is 8.91. The predicted octanol–water partition coefficient (Wildman–Crippen LogP) is 10.9. The molecule has 0 N–H and O–H groups in total. The minimum atomic E-state index is 0.00532. The molecule has 0 heteroatoms. The molecule has 6 rings (SSSR count). The van der Waals surface area contributed by atoms with Crippen LogP contribution in [0.3, 0.4) is 0 Å². The highest BCUT2D eigenvalue weighted by Gasteiger charge is 2.37. The summed E-state index contributed by atoms with van der Waals surface area (Å²) in [6.07, 6.45) is 1.25. The van der Waals surface area contributed by atoms with Crippen molar-refractivity contribution in [3.05, 3.63) is 96.1 Å². The molecular weight excluding hydrogens is 408 g/mol. The van der Waals surface area contributed by atoms with Gasteiger partial charge >= 0.3 is 0 Å². The molecule has 0 nitrogen and oxygen atoms in total. The van der Waals surface area contributed by atoms with Crippen LogP contribution in [-0.2, 0) is 5.41 Å². The second kappa shape index (κ2) is 10.9. The van der Waals surface area contributed by atoms with Crippen LogP contribution in [0.25, 0.3) is 43.4 Å². The van der Waals surface area contributed by atoms with Crippen LogP contribution >= 0.6 is 0 Å². The summed E-state index contributed by atoms with van der Waals surface area (Å²) in [5.74, 6) is 0. The molecule has 0 bridgehead atoms. The monoisotopic (exact) mass is 448 g/mol. The van der Waals surface area contributed by atoms with Crippen molar-refractivity contribution in [3.8, 4) is 11.1 Å². The third-order valence-corrected chi connectivity index (χ3v) is 6.42. The molecule has 5 aromatic carbocycles. The van der Waals surface area contributed by atoms with Crippen molar-refractivity contribution in [2.75, 3.05) is 0 Å². The molecule has 1 aliphatic carbocycles. The Morgan fingerprint density at radius 2 is 1.03 bits per heavy atom. The third-order valence-electron chi connectivity index (χ3n) is 6.42. The average Bonchev–Trinajstić information content (AvgIpc) is 3.14. The van der Waals surface area contributed by atoms with E-state index in [1.807, 2.05) is 27.7 Å². The first kappa shape index (κ1) is 25.5. The van der Waals surface area contributed by atoms with Crippen LogP contribution in [0.4, 0.5) is 0 Å². The maximum absolute atomic E-state index is 2.37. The summed E-state index contributed by atoms with van der Waals surface area (Å²) < 4.78 is 0. The maximum Gasteiger partial charge on any atom is 0.0165 e. The molecule has 0 spiro atoms. The van der Waals surface area contributed by atoms with Crippen molar-refractivity contribution < 1.29 is 0 Å². The summed E-state index contributed by atoms with van der Waals surface area (Å²) in [5.41, 5.74) is 5.73. The molecule has 5 aromatic rings. The molecule has 0 amide bonds. The minimum absolute atomic E-state index is 0.00532. The molecule has 0 saturated heterocycles. The largest absolute Gasteiger partial charge is 0.0683 e. The van der Waals surface area contributed by atoms with E-state index in [2.05, 4.69) is 113 Å². The van der Waals surface area contributed by atoms with E-state index in [1.165, 1.54) is 61.0 Å². The zero-order valence-corrected chi connectivity index (χ0v) is 22.3. The van der Waals surface area contributed by atoms with Gasteiger partial charge in [-0.1, -0.05) is 147 Å². The molecule has 0 radical (unpaired) electrons. The molecule has 0 atom stereocenters. The summed E-state index contributed by atoms with van der Waals surface area (Å²) in [6, 6.07) is 31.4. The first-order valence-corrected chi connectivity index (χ1v) is 13.1. The highest BCUT2D eigenvalue weighted by molar-refractivity contribution is 6.15. The van der Waals surface area contributed by atoms with Gasteiger partial charge in [0.2, 0.25) is 0 Å². The number of rotatable bonds is 0. The molecular formula is C34H40. The Labute approximate surface area is 206 Å². The number of benzene rings is 5. The van der Waals surface area contributed by atoms with Gasteiger partial charge in [-0.2, -0.15) is 0 Å². The van der Waals surface area contributed by atoms with Gasteiger partial charge in [-0.3, -0.25) is 0 Å². The highest BCUT2D eigenvalue weighted by atomic mass is 14.4. The lowest BCUT2D eigenvalue weighted by Crippen LogP contribution is -2.15. The highest BCUT2D eigenvalue weighted by Crippen LogP contribution is 2.53. The Kier molecular flexibility index (Phi) is 8.15. The zero-order chi connectivity index (χ0) is 24.9. The standard InChI is InChI=1S/C27H20.C3H8.2C2H6/c1-27(2)24-16-15-21-19-9-5-3-7-17(19)11-13-22(21)25(24)23-14-12-18-8-4-6-10-20(18)26(23)27;1-3-2;2*1-2/h3-16H,1-2H3;3H2,1-2H3;2*1-2H3. The quantitative estimate of drug-likeness (QED) is 0.207. The van der Waals surface area contributed by atoms with Crippen molar-refractivity contribution in [2.24, 2.45) is 0 Å². The van der Waals surface area contributed by atoms with E-state index in [-0.39, 0.29) is 5.41 Å². The van der Waals surface area contributed by atoms with Gasteiger partial charge in [-0.25, -0.2) is 0 Å². The summed E-state index contributed by atoms with van der Waals surface area (Å²) in [6.45, 7) is 17.0. The van der Waals surface area contributed by atoms with Crippen molar-refractivity contribution in [1.29, 1.82) is 0 Å². The van der Waals surface area contributed by atoms with Crippen LogP contribution in [0.5, 0.6) is 0 Å². The fourth-order valence-corrected chi connectivity index (χ4v) is 5.19. The van der Waals surface area contributed by atoms with Crippen LogP contribution in [0.2, 0.25) is 0 Å². The van der Waals surface area contributed by atoms with Gasteiger partial charge in [0, 0.05) is 5.41 Å². The fraction of sp³-hybridized carbons (Fsp3) is 0.294. The first-order chi connectivity index (χ1) is 16.6. The van der Waals surface area contributed by atoms with Gasteiger partial charge in [0.15, 0.2) is 0 Å². The first-order valence-electron chi connectivity index (χ1n) is 13.1. The van der Waals surface area contributed by atoms with Crippen molar-refractivity contribution in [1.82, 2.24) is 0 Å². The van der Waals surface area contributed by atoms with Crippen LogP contribution in [0.1, 0.15) is 72.9 Å². The lowest BCUT2D eigenvalue weighted by Gasteiger charge is -2.23. The topological polar surface area (TPSA) is 0 Å². The van der Waals surface area contributed by atoms with E-state index < -0.39 is 0 Å². The molecule has 0 saturated carbocycles. The van der Waals surface area contributed by atoms with E-state index >= 15 is 0 Å². The van der Waals surface area contributed by atoms with Crippen LogP contribution in [0.15, 0.2) is 84.9 Å². The summed E-state index contributed by atoms with van der Waals surface area (Å²) in [5, 5.41) is 8.07. The summed E-state index contributed by atoms with van der Waals surface area (Å²) in [7, 11) is 0. The lowest BCUT2D eigenvalue weighted by atomic mass is 9.80. The van der Waals surface area contributed by atoms with Gasteiger partial charge in [-0.15, -0.1) is 0 Å². The molecule has 0 unspecified atom stereocenters. The van der Waals surface area contributed by atoms with E-state index in [0.29, 0.717) is 0 Å². The van der Waals surface area contributed by atoms with Gasteiger partial charge in [-0.05, 0) is 54.6 Å². The smallest absolute Gasteiger partial charge is 0.0165 e. The Morgan fingerprint density at radius 1 is 0.529 bits per heavy atom. The van der Waals surface area contributed by atoms with E-state index in [4.69, 9.17) is 0 Å². The normalized spacial score (nSPS) is 12.5. The second-order valence-corrected chi connectivity index (χ2v) is 8.91. The van der Waals surface area contributed by atoms with Crippen LogP contribution in [0, 0.1) is 0 Å². The molecule has 176 valence electrons. The van der Waals surface area contributed by atoms with Gasteiger partial charge in [0.05, 0.1) is 0 Å².